The Hall–Kier alpha value is -1.66. The minimum Gasteiger partial charge on any atom is -0.365 e. The first-order chi connectivity index (χ1) is 9.83. The van der Waals surface area contributed by atoms with Gasteiger partial charge in [0.15, 0.2) is 5.76 Å². The summed E-state index contributed by atoms with van der Waals surface area (Å²) in [6.45, 7) is 2.12. The smallest absolute Gasteiger partial charge is 0.248 e. The molecule has 0 radical (unpaired) electrons. The number of rotatable bonds is 5. The first-order valence-corrected chi connectivity index (χ1v) is 7.56. The third-order valence-electron chi connectivity index (χ3n) is 3.26. The minimum atomic E-state index is 0.0597. The predicted octanol–water partition coefficient (Wildman–Crippen LogP) is 2.54. The normalized spacial score (nSPS) is 14.9. The number of likely N-dealkylation sites (tertiary alicyclic amines) is 1. The van der Waals surface area contributed by atoms with Gasteiger partial charge in [-0.15, -0.1) is 11.3 Å². The van der Waals surface area contributed by atoms with Gasteiger partial charge in [-0.1, -0.05) is 11.2 Å². The molecule has 2 aromatic heterocycles. The van der Waals surface area contributed by atoms with E-state index in [2.05, 4.69) is 5.16 Å². The molecule has 0 aliphatic carbocycles. The second-order valence-corrected chi connectivity index (χ2v) is 5.69. The topological polar surface area (TPSA) is 55.6 Å². The maximum atomic E-state index is 11.8. The van der Waals surface area contributed by atoms with Crippen LogP contribution in [0, 0.1) is 0 Å². The summed E-state index contributed by atoms with van der Waals surface area (Å²) in [5.74, 6) is 0.800. The first kappa shape index (κ1) is 13.3. The lowest BCUT2D eigenvalue weighted by Crippen LogP contribution is -2.31. The van der Waals surface area contributed by atoms with Gasteiger partial charge in [-0.3, -0.25) is 4.79 Å². The highest BCUT2D eigenvalue weighted by Crippen LogP contribution is 2.25. The van der Waals surface area contributed by atoms with E-state index in [-0.39, 0.29) is 12.5 Å². The Morgan fingerprint density at radius 2 is 2.30 bits per heavy atom. The Labute approximate surface area is 121 Å². The van der Waals surface area contributed by atoms with E-state index in [1.54, 1.807) is 11.3 Å². The molecule has 2 aromatic rings. The molecule has 5 nitrogen and oxygen atoms in total. The third-order valence-corrected chi connectivity index (χ3v) is 4.14. The maximum Gasteiger partial charge on any atom is 0.248 e. The van der Waals surface area contributed by atoms with E-state index in [9.17, 15) is 4.79 Å². The monoisotopic (exact) mass is 292 g/mol. The number of hydrogen-bond acceptors (Lipinski definition) is 5. The fourth-order valence-electron chi connectivity index (χ4n) is 2.22. The summed E-state index contributed by atoms with van der Waals surface area (Å²) in [4.78, 5) is 14.7. The number of ether oxygens (including phenoxy) is 1. The Bertz CT molecular complexity index is 559. The Morgan fingerprint density at radius 1 is 1.45 bits per heavy atom. The van der Waals surface area contributed by atoms with Crippen LogP contribution in [-0.4, -0.2) is 35.7 Å². The van der Waals surface area contributed by atoms with Crippen molar-refractivity contribution in [3.63, 3.8) is 0 Å². The van der Waals surface area contributed by atoms with Gasteiger partial charge in [-0.05, 0) is 24.3 Å². The predicted molar refractivity (Wildman–Crippen MR) is 75.3 cm³/mol. The van der Waals surface area contributed by atoms with Crippen LogP contribution in [0.25, 0.3) is 10.6 Å². The van der Waals surface area contributed by atoms with Crippen molar-refractivity contribution in [2.75, 3.05) is 19.7 Å². The number of amides is 1. The summed E-state index contributed by atoms with van der Waals surface area (Å²) >= 11 is 1.60. The second-order valence-electron chi connectivity index (χ2n) is 4.74. The van der Waals surface area contributed by atoms with Crippen LogP contribution < -0.4 is 0 Å². The van der Waals surface area contributed by atoms with Crippen LogP contribution in [0.4, 0.5) is 0 Å². The molecule has 3 heterocycles. The summed E-state index contributed by atoms with van der Waals surface area (Å²) in [5, 5.41) is 5.94. The molecule has 1 saturated heterocycles. The van der Waals surface area contributed by atoms with Crippen molar-refractivity contribution in [1.82, 2.24) is 10.1 Å². The molecule has 3 rings (SSSR count). The van der Waals surface area contributed by atoms with Crippen molar-refractivity contribution in [3.05, 3.63) is 29.3 Å². The van der Waals surface area contributed by atoms with Crippen LogP contribution in [-0.2, 0) is 16.1 Å². The average molecular weight is 292 g/mol. The molecule has 0 atom stereocenters. The largest absolute Gasteiger partial charge is 0.365 e. The van der Waals surface area contributed by atoms with E-state index in [1.807, 2.05) is 28.5 Å². The van der Waals surface area contributed by atoms with Gasteiger partial charge in [0.2, 0.25) is 5.91 Å². The molecule has 0 saturated carbocycles. The van der Waals surface area contributed by atoms with Crippen LogP contribution in [0.3, 0.4) is 0 Å². The number of thiophene rings is 1. The quantitative estimate of drug-likeness (QED) is 0.850. The van der Waals surface area contributed by atoms with Gasteiger partial charge in [0, 0.05) is 19.2 Å². The average Bonchev–Trinajstić information content (AvgIpc) is 3.20. The maximum absolute atomic E-state index is 11.8. The lowest BCUT2D eigenvalue weighted by atomic mass is 10.3. The molecule has 1 fully saturated rings. The highest BCUT2D eigenvalue weighted by Gasteiger charge is 2.17. The van der Waals surface area contributed by atoms with Gasteiger partial charge in [-0.25, -0.2) is 0 Å². The molecule has 1 aliphatic rings. The van der Waals surface area contributed by atoms with E-state index in [4.69, 9.17) is 9.26 Å². The van der Waals surface area contributed by atoms with Crippen LogP contribution >= 0.6 is 11.3 Å². The molecule has 0 aromatic carbocycles. The molecular formula is C14H16N2O3S. The lowest BCUT2D eigenvalue weighted by Gasteiger charge is -2.14. The van der Waals surface area contributed by atoms with Gasteiger partial charge < -0.3 is 14.2 Å². The summed E-state index contributed by atoms with van der Waals surface area (Å²) in [6.07, 6.45) is 2.19. The Morgan fingerprint density at radius 3 is 3.05 bits per heavy atom. The van der Waals surface area contributed by atoms with E-state index < -0.39 is 0 Å². The van der Waals surface area contributed by atoms with E-state index in [1.165, 1.54) is 0 Å². The van der Waals surface area contributed by atoms with Crippen LogP contribution in [0.15, 0.2) is 28.1 Å². The van der Waals surface area contributed by atoms with Crippen molar-refractivity contribution in [1.29, 1.82) is 0 Å². The number of nitrogens with zero attached hydrogens (tertiary/aromatic N) is 2. The lowest BCUT2D eigenvalue weighted by molar-refractivity contribution is -0.135. The molecule has 6 heteroatoms. The van der Waals surface area contributed by atoms with Crippen molar-refractivity contribution in [2.45, 2.75) is 19.4 Å². The Kier molecular flexibility index (Phi) is 4.13. The fraction of sp³-hybridized carbons (Fsp3) is 0.429. The molecular weight excluding hydrogens is 276 g/mol. The molecule has 0 spiro atoms. The number of aromatic nitrogens is 1. The van der Waals surface area contributed by atoms with Crippen molar-refractivity contribution < 1.29 is 14.1 Å². The highest BCUT2D eigenvalue weighted by atomic mass is 32.1. The minimum absolute atomic E-state index is 0.0597. The first-order valence-electron chi connectivity index (χ1n) is 6.68. The zero-order valence-corrected chi connectivity index (χ0v) is 11.9. The van der Waals surface area contributed by atoms with Gasteiger partial charge in [0.1, 0.15) is 12.3 Å². The summed E-state index contributed by atoms with van der Waals surface area (Å²) in [7, 11) is 0. The molecule has 106 valence electrons. The van der Waals surface area contributed by atoms with Crippen LogP contribution in [0.1, 0.15) is 18.5 Å². The standard InChI is InChI=1S/C14H16N2O3S/c17-14(16-5-1-2-6-16)10-18-9-11-8-12(19-15-11)13-4-3-7-20-13/h3-4,7-8H,1-2,5-6,9-10H2. The summed E-state index contributed by atoms with van der Waals surface area (Å²) in [5.41, 5.74) is 0.711. The molecule has 0 N–H and O–H groups in total. The zero-order valence-electron chi connectivity index (χ0n) is 11.1. The van der Waals surface area contributed by atoms with Crippen molar-refractivity contribution >= 4 is 17.2 Å². The molecule has 0 bridgehead atoms. The van der Waals surface area contributed by atoms with Gasteiger partial charge >= 0.3 is 0 Å². The summed E-state index contributed by atoms with van der Waals surface area (Å²) in [6, 6.07) is 5.80. The van der Waals surface area contributed by atoms with E-state index in [0.717, 1.165) is 36.6 Å². The zero-order chi connectivity index (χ0) is 13.8. The van der Waals surface area contributed by atoms with Gasteiger partial charge in [-0.2, -0.15) is 0 Å². The number of hydrogen-bond donors (Lipinski definition) is 0. The van der Waals surface area contributed by atoms with Crippen molar-refractivity contribution in [2.24, 2.45) is 0 Å². The third kappa shape index (κ3) is 3.08. The molecule has 0 unspecified atom stereocenters. The summed E-state index contributed by atoms with van der Waals surface area (Å²) < 4.78 is 10.7. The fourth-order valence-corrected chi connectivity index (χ4v) is 2.89. The van der Waals surface area contributed by atoms with Crippen LogP contribution in [0.2, 0.25) is 0 Å². The van der Waals surface area contributed by atoms with Crippen LogP contribution in [0.5, 0.6) is 0 Å². The van der Waals surface area contributed by atoms with E-state index in [0.29, 0.717) is 12.3 Å². The second kappa shape index (κ2) is 6.19. The van der Waals surface area contributed by atoms with Crippen molar-refractivity contribution in [3.8, 4) is 10.6 Å². The Balaban J connectivity index is 1.48. The highest BCUT2D eigenvalue weighted by molar-refractivity contribution is 7.13. The van der Waals surface area contributed by atoms with Gasteiger partial charge in [0.05, 0.1) is 11.5 Å². The number of carbonyl (C=O) groups excluding carboxylic acids is 1. The van der Waals surface area contributed by atoms with E-state index >= 15 is 0 Å². The van der Waals surface area contributed by atoms with Gasteiger partial charge in [0.25, 0.3) is 0 Å². The molecule has 20 heavy (non-hydrogen) atoms. The SMILES string of the molecule is O=C(COCc1cc(-c2cccs2)on1)N1CCCC1. The molecule has 1 aliphatic heterocycles. The number of carbonyl (C=O) groups is 1. The molecule has 1 amide bonds.